The van der Waals surface area contributed by atoms with Crippen LogP contribution in [0.3, 0.4) is 0 Å². The average Bonchev–Trinajstić information content (AvgIpc) is 3.69. The van der Waals surface area contributed by atoms with Crippen molar-refractivity contribution in [2.45, 2.75) is 64.6 Å². The molecule has 1 aromatic heterocycles. The fraction of sp³-hybridized carbons (Fsp3) is 0.406. The number of amides is 3. The Balaban J connectivity index is 0.00000484. The molecule has 2 aromatic carbocycles. The number of benzene rings is 2. The van der Waals surface area contributed by atoms with Crippen LogP contribution in [0.4, 0.5) is 4.39 Å². The molecule has 0 bridgehead atoms. The molecule has 1 heterocycles. The monoisotopic (exact) mass is 801 g/mol. The molecule has 0 radical (unpaired) electrons. The van der Waals surface area contributed by atoms with Crippen molar-refractivity contribution in [1.82, 2.24) is 15.5 Å². The molecule has 0 aliphatic heterocycles. The molecule has 0 saturated heterocycles. The molecule has 3 aromatic rings. The molecule has 4 rings (SSSR count). The molecular weight excluding hydrogens is 763 g/mol. The minimum Gasteiger partial charge on any atom is -0.496 e. The molecule has 1 atom stereocenters. The van der Waals surface area contributed by atoms with Gasteiger partial charge in [0.1, 0.15) is 22.7 Å². The average molecular weight is 802 g/mol. The minimum atomic E-state index is -1.20. The van der Waals surface area contributed by atoms with Crippen molar-refractivity contribution in [2.24, 2.45) is 5.92 Å². The van der Waals surface area contributed by atoms with Crippen molar-refractivity contribution in [2.75, 3.05) is 13.7 Å². The van der Waals surface area contributed by atoms with Crippen LogP contribution in [0.15, 0.2) is 40.8 Å². The second kappa shape index (κ2) is 13.2. The van der Waals surface area contributed by atoms with E-state index in [1.807, 2.05) is 6.92 Å². The van der Waals surface area contributed by atoms with Gasteiger partial charge in [0.15, 0.2) is 5.76 Å². The van der Waals surface area contributed by atoms with Crippen LogP contribution in [0.1, 0.15) is 72.1 Å². The van der Waals surface area contributed by atoms with Gasteiger partial charge in [-0.2, -0.15) is 0 Å². The number of carbonyl (C=O) groups is 3. The number of nitrogens with one attached hydrogen (secondary N) is 2. The number of furan rings is 1. The van der Waals surface area contributed by atoms with Gasteiger partial charge in [0.05, 0.1) is 7.11 Å². The van der Waals surface area contributed by atoms with E-state index in [1.165, 1.54) is 25.3 Å². The topological polar surface area (TPSA) is 101 Å². The predicted octanol–water partition coefficient (Wildman–Crippen LogP) is 5.38. The maximum Gasteiger partial charge on any atom is 2.00 e. The van der Waals surface area contributed by atoms with Crippen LogP contribution >= 0.6 is 0 Å². The number of carbonyl (C=O) groups excluding carboxylic acids is 3. The van der Waals surface area contributed by atoms with E-state index >= 15 is 0 Å². The third kappa shape index (κ3) is 7.38. The Hall–Kier alpha value is -2.83. The van der Waals surface area contributed by atoms with Gasteiger partial charge in [0.2, 0.25) is 11.8 Å². The predicted molar refractivity (Wildman–Crippen MR) is 155 cm³/mol. The van der Waals surface area contributed by atoms with Gasteiger partial charge in [-0.15, -0.1) is 0 Å². The summed E-state index contributed by atoms with van der Waals surface area (Å²) in [5.74, 6) is -0.692. The van der Waals surface area contributed by atoms with Crippen molar-refractivity contribution < 1.29 is 59.0 Å². The summed E-state index contributed by atoms with van der Waals surface area (Å²) < 4.78 is 25.3. The second-order valence-electron chi connectivity index (χ2n) is 11.4. The molecule has 2 N–H and O–H groups in total. The molecule has 222 valence electrons. The van der Waals surface area contributed by atoms with Gasteiger partial charge in [-0.25, -0.2) is 9.93 Å². The summed E-state index contributed by atoms with van der Waals surface area (Å²) in [6.07, 6.45) is 2.29. The van der Waals surface area contributed by atoms with Gasteiger partial charge >= 0.3 is 31.1 Å². The zero-order chi connectivity index (χ0) is 30.1. The summed E-state index contributed by atoms with van der Waals surface area (Å²) in [6.45, 7) is 15.1. The molecule has 0 spiro atoms. The number of rotatable bonds is 11. The van der Waals surface area contributed by atoms with E-state index in [4.69, 9.17) is 9.15 Å². The van der Waals surface area contributed by atoms with Gasteiger partial charge in [-0.3, -0.25) is 14.4 Å². The summed E-state index contributed by atoms with van der Waals surface area (Å²) in [4.78, 5) is 42.1. The van der Waals surface area contributed by atoms with Crippen molar-refractivity contribution in [3.05, 3.63) is 78.5 Å². The molecule has 1 unspecified atom stereocenters. The molecule has 1 fully saturated rings. The van der Waals surface area contributed by atoms with Crippen LogP contribution in [0.2, 0.25) is 0 Å². The second-order valence-corrected chi connectivity index (χ2v) is 11.4. The number of nitrogens with zero attached hydrogens (tertiary/aromatic N) is 1. The Morgan fingerprint density at radius 2 is 1.83 bits per heavy atom. The molecule has 10 heteroatoms. The van der Waals surface area contributed by atoms with Crippen LogP contribution in [0.5, 0.6) is 5.75 Å². The zero-order valence-corrected chi connectivity index (χ0v) is 29.0. The smallest absolute Gasteiger partial charge is 0.496 e. The van der Waals surface area contributed by atoms with E-state index in [0.29, 0.717) is 52.3 Å². The maximum atomic E-state index is 14.1. The fourth-order valence-electron chi connectivity index (χ4n) is 4.83. The van der Waals surface area contributed by atoms with Gasteiger partial charge in [-0.1, -0.05) is 19.9 Å². The molecule has 1 saturated carbocycles. The first-order chi connectivity index (χ1) is 19.3. The van der Waals surface area contributed by atoms with Crippen molar-refractivity contribution in [3.8, 4) is 5.75 Å². The normalized spacial score (nSPS) is 14.5. The van der Waals surface area contributed by atoms with E-state index < -0.39 is 22.8 Å². The molecule has 8 nitrogen and oxygen atoms in total. The quantitative estimate of drug-likeness (QED) is 0.254. The number of hydrogen-bond acceptors (Lipinski definition) is 5. The molecule has 1 aliphatic carbocycles. The number of aryl methyl sites for hydroxylation is 1. The Morgan fingerprint density at radius 3 is 2.43 bits per heavy atom. The van der Waals surface area contributed by atoms with Gasteiger partial charge < -0.3 is 38.5 Å². The molecular formula is C32H38FN3O5U. The van der Waals surface area contributed by atoms with Crippen LogP contribution in [-0.4, -0.2) is 47.4 Å². The fourth-order valence-corrected chi connectivity index (χ4v) is 4.83. The maximum absolute atomic E-state index is 14.1. The Morgan fingerprint density at radius 1 is 1.14 bits per heavy atom. The van der Waals surface area contributed by atoms with Crippen LogP contribution in [0.25, 0.3) is 11.0 Å². The van der Waals surface area contributed by atoms with Gasteiger partial charge in [0, 0.05) is 35.2 Å². The minimum absolute atomic E-state index is 0. The Labute approximate surface area is 270 Å². The summed E-state index contributed by atoms with van der Waals surface area (Å²) in [7, 11) is 1.48. The first-order valence-electron chi connectivity index (χ1n) is 13.8. The number of fused-ring (bicyclic) bond motifs is 1. The van der Waals surface area contributed by atoms with Crippen LogP contribution in [-0.2, 0) is 11.3 Å². The van der Waals surface area contributed by atoms with E-state index in [-0.39, 0.29) is 55.2 Å². The zero-order valence-electron chi connectivity index (χ0n) is 24.9. The van der Waals surface area contributed by atoms with Crippen molar-refractivity contribution >= 4 is 28.7 Å². The largest absolute Gasteiger partial charge is 2.00 e. The van der Waals surface area contributed by atoms with Crippen LogP contribution in [0, 0.1) is 63.6 Å². The molecule has 3 amide bonds. The summed E-state index contributed by atoms with van der Waals surface area (Å²) in [6, 6.07) is 9.11. The van der Waals surface area contributed by atoms with E-state index in [2.05, 4.69) is 24.5 Å². The van der Waals surface area contributed by atoms with Crippen molar-refractivity contribution in [1.29, 1.82) is 0 Å². The SMILES string of the molecule is [CH2-]C([CH2-])(C)NC(=O)c1ccc2c(C)c(C(=O)N(CC3CC3)C(C)(CC)C(=O)NCc3cc(F)ccc3OC)oc2c1.[U+2]. The van der Waals surface area contributed by atoms with Gasteiger partial charge in [0.25, 0.3) is 5.91 Å². The third-order valence-electron chi connectivity index (χ3n) is 7.65. The van der Waals surface area contributed by atoms with E-state index in [9.17, 15) is 18.8 Å². The first-order valence-corrected chi connectivity index (χ1v) is 13.8. The number of ether oxygens (including phenoxy) is 1. The number of hydrogen-bond donors (Lipinski definition) is 2. The Kier molecular flexibility index (Phi) is 10.6. The number of methoxy groups -OCH3 is 1. The molecule has 1 aliphatic rings. The van der Waals surface area contributed by atoms with Crippen molar-refractivity contribution in [3.63, 3.8) is 0 Å². The standard InChI is InChI=1S/C32H38FN3O5.U/c1-8-32(6,30(39)34-17-22-15-23(33)12-14-25(22)40-7)36(18-20-9-10-20)29(38)27-19(2)24-13-11-21(16-26(24)41-27)28(37)35-31(3,4)5;/h11-16,20H,3-4,8-10,17-18H2,1-2,5-7H3,(H,34,39)(H,35,37);/q-2;+2. The summed E-state index contributed by atoms with van der Waals surface area (Å²) in [5, 5.41) is 6.30. The summed E-state index contributed by atoms with van der Waals surface area (Å²) >= 11 is 0. The first kappa shape index (κ1) is 33.7. The van der Waals surface area contributed by atoms with Gasteiger partial charge in [-0.05, 0) is 69.4 Å². The molecule has 42 heavy (non-hydrogen) atoms. The van der Waals surface area contributed by atoms with E-state index in [0.717, 1.165) is 12.8 Å². The Bertz CT molecular complexity index is 1480. The number of halogens is 1. The third-order valence-corrected chi connectivity index (χ3v) is 7.65. The van der Waals surface area contributed by atoms with Crippen LogP contribution < -0.4 is 15.4 Å². The van der Waals surface area contributed by atoms with E-state index in [1.54, 1.807) is 43.9 Å². The summed E-state index contributed by atoms with van der Waals surface area (Å²) in [5.41, 5.74) is -0.250.